The van der Waals surface area contributed by atoms with Crippen molar-refractivity contribution < 1.29 is 71.5 Å². The summed E-state index contributed by atoms with van der Waals surface area (Å²) in [5, 5.41) is 20.7. The predicted octanol–water partition coefficient (Wildman–Crippen LogP) is 5.59. The van der Waals surface area contributed by atoms with E-state index in [-0.39, 0.29) is 84.9 Å². The van der Waals surface area contributed by atoms with E-state index >= 15 is 0 Å². The van der Waals surface area contributed by atoms with Crippen LogP contribution >= 0.6 is 11.6 Å². The fourth-order valence-corrected chi connectivity index (χ4v) is 10.8. The summed E-state index contributed by atoms with van der Waals surface area (Å²) in [4.78, 5) is 100. The Morgan fingerprint density at radius 1 is 0.495 bits per heavy atom. The van der Waals surface area contributed by atoms with Crippen LogP contribution in [0.25, 0.3) is 11.1 Å². The zero-order valence-electron chi connectivity index (χ0n) is 56.5. The van der Waals surface area contributed by atoms with Crippen molar-refractivity contribution in [3.8, 4) is 11.1 Å². The summed E-state index contributed by atoms with van der Waals surface area (Å²) in [5.41, 5.74) is 12.2. The third-order valence-electron chi connectivity index (χ3n) is 15.4. The Kier molecular flexibility index (Phi) is 29.3. The normalized spacial score (nSPS) is 13.4. The number of benzene rings is 3. The van der Waals surface area contributed by atoms with Crippen LogP contribution in [0.4, 0.5) is 34.4 Å². The molecule has 0 bridgehead atoms. The molecule has 0 aliphatic carbocycles. The smallest absolute Gasteiger partial charge is 0.291 e. The number of carbonyl (C=O) groups excluding carboxylic acids is 7. The number of hydrogen-bond donors (Lipinski definition) is 8. The van der Waals surface area contributed by atoms with Crippen molar-refractivity contribution in [2.45, 2.75) is 38.8 Å². The largest absolute Gasteiger partial charge is 0.382 e. The third-order valence-corrected chi connectivity index (χ3v) is 15.7. The zero-order chi connectivity index (χ0) is 70.6. The standard InChI is InChI=1S/C68H88ClN15O15/c1-45-37-55(74-51-14-12-50(69)13-15-51)54-38-49(11-16-56(54)84(45)46(2)85)47-7-9-48(10-8-47)64(87)72-19-21-92-23-25-94-27-29-96-31-33-98-35-36-99-34-32-97-30-28-95-26-24-93-22-20-73-66(89)58-40-53(42-81(58)4)76-68(91)63-79-60(44-83(63)6)78-61(86)17-18-71-65(88)57-39-52(41-80(57)3)75-67(90)62-77-59(70)43-82(62)5/h7-16,38-45,55,74H,17-37,70H2,1-6H3,(H,71,88)(H,72,87)(H,73,89)(H,75,90)(H,76,91)(H,78,86)/t45-,55?/m0/s1. The van der Waals surface area contributed by atoms with Gasteiger partial charge < -0.3 is 104 Å². The van der Waals surface area contributed by atoms with Crippen LogP contribution in [0, 0.1) is 0 Å². The Bertz CT molecular complexity index is 3810. The Hall–Kier alpha value is -9.50. The van der Waals surface area contributed by atoms with E-state index in [2.05, 4.69) is 60.2 Å². The van der Waals surface area contributed by atoms with Crippen molar-refractivity contribution in [3.63, 3.8) is 0 Å². The molecule has 0 saturated carbocycles. The van der Waals surface area contributed by atoms with Crippen LogP contribution in [0.5, 0.6) is 0 Å². The predicted molar refractivity (Wildman–Crippen MR) is 371 cm³/mol. The first-order chi connectivity index (χ1) is 47.8. The van der Waals surface area contributed by atoms with Gasteiger partial charge in [-0.05, 0) is 90.7 Å². The number of carbonyl (C=O) groups is 7. The van der Waals surface area contributed by atoms with Gasteiger partial charge in [0.05, 0.1) is 123 Å². The Balaban J connectivity index is 0.560. The molecule has 0 fully saturated rings. The number of fused-ring (bicyclic) bond motifs is 1. The SMILES string of the molecule is CC(=O)N1c2ccc(-c3ccc(C(=O)NCCOCCOCCOCCOCCOCCOCCOCCOCCNC(=O)c4cc(NC(=O)c5nc(NC(=O)CCNC(=O)c6cc(NC(=O)c7nc(N)cn7C)cn6C)cn5C)cn4C)cc3)cc2C(Nc2ccc(Cl)cc2)C[C@@H]1C. The summed E-state index contributed by atoms with van der Waals surface area (Å²) in [6.45, 7) is 10.3. The first kappa shape index (κ1) is 75.3. The van der Waals surface area contributed by atoms with E-state index in [1.54, 1.807) is 64.2 Å². The minimum Gasteiger partial charge on any atom is -0.382 e. The molecule has 1 aliphatic rings. The maximum absolute atomic E-state index is 13.2. The van der Waals surface area contributed by atoms with Gasteiger partial charge in [0.1, 0.15) is 17.2 Å². The van der Waals surface area contributed by atoms with Crippen LogP contribution in [-0.2, 0) is 75.7 Å². The molecule has 1 aliphatic heterocycles. The van der Waals surface area contributed by atoms with Gasteiger partial charge in [0.15, 0.2) is 5.82 Å². The fraction of sp³-hybridized carbons (Fsp3) is 0.426. The van der Waals surface area contributed by atoms with Crippen molar-refractivity contribution in [1.82, 2.24) is 44.2 Å². The number of aromatic nitrogens is 6. The lowest BCUT2D eigenvalue weighted by Gasteiger charge is -2.39. The average Bonchev–Trinajstić information content (AvgIpc) is 1.56. The van der Waals surface area contributed by atoms with Gasteiger partial charge in [0, 0.05) is 114 Å². The molecule has 0 radical (unpaired) electrons. The summed E-state index contributed by atoms with van der Waals surface area (Å²) in [6, 6.07) is 24.2. The van der Waals surface area contributed by atoms with Crippen LogP contribution in [0.3, 0.4) is 0 Å². The van der Waals surface area contributed by atoms with E-state index < -0.39 is 23.6 Å². The number of anilines is 6. The first-order valence-corrected chi connectivity index (χ1v) is 32.8. The second-order valence-electron chi connectivity index (χ2n) is 23.0. The molecule has 7 amide bonds. The monoisotopic (exact) mass is 1390 g/mol. The summed E-state index contributed by atoms with van der Waals surface area (Å²) in [5.74, 6) is -2.18. The highest BCUT2D eigenvalue weighted by Crippen LogP contribution is 2.41. The molecule has 30 nitrogen and oxygen atoms in total. The van der Waals surface area contributed by atoms with E-state index in [4.69, 9.17) is 55.2 Å². The molecule has 31 heteroatoms. The van der Waals surface area contributed by atoms with Gasteiger partial charge in [-0.25, -0.2) is 9.97 Å². The van der Waals surface area contributed by atoms with Crippen molar-refractivity contribution in [2.75, 3.05) is 157 Å². The molecule has 2 atom stereocenters. The number of nitrogens with zero attached hydrogens (tertiary/aromatic N) is 7. The van der Waals surface area contributed by atoms with Crippen LogP contribution < -0.4 is 47.9 Å². The van der Waals surface area contributed by atoms with E-state index in [0.717, 1.165) is 34.5 Å². The molecule has 5 heterocycles. The molecule has 3 aromatic carbocycles. The molecular weight excluding hydrogens is 1300 g/mol. The molecule has 532 valence electrons. The molecule has 0 spiro atoms. The highest BCUT2D eigenvalue weighted by molar-refractivity contribution is 6.30. The summed E-state index contributed by atoms with van der Waals surface area (Å²) in [7, 11) is 6.53. The molecule has 9 N–H and O–H groups in total. The lowest BCUT2D eigenvalue weighted by Crippen LogP contribution is -2.43. The van der Waals surface area contributed by atoms with E-state index in [0.29, 0.717) is 133 Å². The van der Waals surface area contributed by atoms with Crippen LogP contribution in [0.2, 0.25) is 5.02 Å². The summed E-state index contributed by atoms with van der Waals surface area (Å²) < 4.78 is 50.6. The minimum absolute atomic E-state index is 0.00291. The van der Waals surface area contributed by atoms with Crippen molar-refractivity contribution >= 4 is 87.3 Å². The Labute approximate surface area is 578 Å². The molecule has 0 saturated heterocycles. The quantitative estimate of drug-likeness (QED) is 0.0217. The molecule has 99 heavy (non-hydrogen) atoms. The molecule has 7 aromatic rings. The number of ether oxygens (including phenoxy) is 8. The van der Waals surface area contributed by atoms with Crippen LogP contribution in [-0.4, -0.2) is 201 Å². The van der Waals surface area contributed by atoms with Gasteiger partial charge in [-0.15, -0.1) is 0 Å². The third kappa shape index (κ3) is 23.3. The number of imidazole rings is 2. The van der Waals surface area contributed by atoms with Gasteiger partial charge in [-0.2, -0.15) is 0 Å². The number of amides is 7. The number of nitrogens with two attached hydrogens (primary N) is 1. The maximum Gasteiger partial charge on any atom is 0.291 e. The van der Waals surface area contributed by atoms with Crippen molar-refractivity contribution in [3.05, 3.63) is 143 Å². The zero-order valence-corrected chi connectivity index (χ0v) is 57.3. The highest BCUT2D eigenvalue weighted by Gasteiger charge is 2.33. The lowest BCUT2D eigenvalue weighted by molar-refractivity contribution is -0.117. The number of nitrogen functional groups attached to an aromatic ring is 1. The van der Waals surface area contributed by atoms with E-state index in [1.165, 1.54) is 38.2 Å². The Morgan fingerprint density at radius 3 is 1.43 bits per heavy atom. The number of halogens is 1. The van der Waals surface area contributed by atoms with Crippen LogP contribution in [0.15, 0.2) is 104 Å². The van der Waals surface area contributed by atoms with Gasteiger partial charge in [-0.1, -0.05) is 29.8 Å². The molecular formula is C68H88ClN15O15. The highest BCUT2D eigenvalue weighted by atomic mass is 35.5. The molecule has 8 rings (SSSR count). The van der Waals surface area contributed by atoms with Gasteiger partial charge in [-0.3, -0.25) is 33.6 Å². The number of nitrogens with one attached hydrogen (secondary N) is 7. The van der Waals surface area contributed by atoms with E-state index in [9.17, 15) is 33.6 Å². The van der Waals surface area contributed by atoms with Gasteiger partial charge >= 0.3 is 0 Å². The first-order valence-electron chi connectivity index (χ1n) is 32.4. The maximum atomic E-state index is 13.2. The van der Waals surface area contributed by atoms with E-state index in [1.807, 2.05) is 53.4 Å². The molecule has 1 unspecified atom stereocenters. The second-order valence-corrected chi connectivity index (χ2v) is 23.4. The number of hydrogen-bond acceptors (Lipinski definition) is 19. The fourth-order valence-electron chi connectivity index (χ4n) is 10.6. The minimum atomic E-state index is -0.581. The number of aryl methyl sites for hydroxylation is 4. The Morgan fingerprint density at radius 2 is 0.949 bits per heavy atom. The topological polar surface area (TPSA) is 352 Å². The van der Waals surface area contributed by atoms with Gasteiger partial charge in [0.2, 0.25) is 23.5 Å². The number of rotatable bonds is 41. The molecule has 4 aromatic heterocycles. The second kappa shape index (κ2) is 38.6. The van der Waals surface area contributed by atoms with Crippen LogP contribution in [0.1, 0.15) is 90.9 Å². The lowest BCUT2D eigenvalue weighted by atomic mass is 9.88. The van der Waals surface area contributed by atoms with Crippen molar-refractivity contribution in [2.24, 2.45) is 28.2 Å². The van der Waals surface area contributed by atoms with Crippen molar-refractivity contribution in [1.29, 1.82) is 0 Å². The average molecular weight is 1390 g/mol. The van der Waals surface area contributed by atoms with Gasteiger partial charge in [0.25, 0.3) is 29.5 Å². The summed E-state index contributed by atoms with van der Waals surface area (Å²) >= 11 is 6.13. The summed E-state index contributed by atoms with van der Waals surface area (Å²) in [6.07, 6.45) is 6.75.